The summed E-state index contributed by atoms with van der Waals surface area (Å²) in [4.78, 5) is 19.0. The molecule has 0 aromatic heterocycles. The Balaban J connectivity index is 1.82. The summed E-state index contributed by atoms with van der Waals surface area (Å²) in [5.41, 5.74) is 2.93. The van der Waals surface area contributed by atoms with E-state index < -0.39 is 12.0 Å². The second-order valence-corrected chi connectivity index (χ2v) is 6.71. The second-order valence-electron chi connectivity index (χ2n) is 6.71. The lowest BCUT2D eigenvalue weighted by atomic mass is 9.95. The van der Waals surface area contributed by atoms with Crippen molar-refractivity contribution in [2.45, 2.75) is 12.6 Å². The van der Waals surface area contributed by atoms with Crippen LogP contribution in [0.5, 0.6) is 0 Å². The minimum absolute atomic E-state index is 0.339. The Morgan fingerprint density at radius 2 is 1.59 bits per heavy atom. The molecule has 0 bridgehead atoms. The lowest BCUT2D eigenvalue weighted by molar-refractivity contribution is -0.138. The van der Waals surface area contributed by atoms with Crippen molar-refractivity contribution in [3.63, 3.8) is 0 Å². The predicted molar refractivity (Wildman–Crippen MR) is 108 cm³/mol. The molecule has 1 atom stereocenters. The molecule has 0 fully saturated rings. The van der Waals surface area contributed by atoms with E-state index in [2.05, 4.69) is 0 Å². The smallest absolute Gasteiger partial charge is 0.339 e. The highest BCUT2D eigenvalue weighted by Gasteiger charge is 2.41. The van der Waals surface area contributed by atoms with Gasteiger partial charge in [-0.05, 0) is 23.3 Å². The predicted octanol–water partition coefficient (Wildman–Crippen LogP) is 4.90. The van der Waals surface area contributed by atoms with E-state index in [1.807, 2.05) is 60.7 Å². The van der Waals surface area contributed by atoms with Gasteiger partial charge in [0, 0.05) is 5.56 Å². The van der Waals surface area contributed by atoms with E-state index in [-0.39, 0.29) is 5.82 Å². The van der Waals surface area contributed by atoms with E-state index in [9.17, 15) is 9.18 Å². The van der Waals surface area contributed by atoms with Crippen LogP contribution < -0.4 is 0 Å². The number of rotatable bonds is 5. The maximum atomic E-state index is 13.5. The highest BCUT2D eigenvalue weighted by atomic mass is 19.1. The van der Waals surface area contributed by atoms with Gasteiger partial charge in [0.25, 0.3) is 0 Å². The molecule has 0 radical (unpaired) electrons. The maximum absolute atomic E-state index is 13.5. The molecule has 4 nitrogen and oxygen atoms in total. The Morgan fingerprint density at radius 1 is 0.966 bits per heavy atom. The fourth-order valence-corrected chi connectivity index (χ4v) is 3.46. The monoisotopic (exact) mass is 389 g/mol. The fourth-order valence-electron chi connectivity index (χ4n) is 3.46. The Morgan fingerprint density at radius 3 is 2.21 bits per heavy atom. The minimum Gasteiger partial charge on any atom is -0.465 e. The molecular formula is C24H20FNO3. The van der Waals surface area contributed by atoms with Crippen LogP contribution in [0, 0.1) is 5.82 Å². The van der Waals surface area contributed by atoms with Gasteiger partial charge in [0.15, 0.2) is 5.76 Å². The summed E-state index contributed by atoms with van der Waals surface area (Å²) < 4.78 is 18.6. The van der Waals surface area contributed by atoms with Gasteiger partial charge in [-0.1, -0.05) is 72.8 Å². The number of halogens is 1. The first-order valence-electron chi connectivity index (χ1n) is 9.29. The molecule has 4 rings (SSSR count). The van der Waals surface area contributed by atoms with Gasteiger partial charge in [0.1, 0.15) is 17.4 Å². The molecule has 3 aromatic rings. The Bertz CT molecular complexity index is 1020. The van der Waals surface area contributed by atoms with Gasteiger partial charge < -0.3 is 9.57 Å². The summed E-state index contributed by atoms with van der Waals surface area (Å²) in [7, 11) is 1.35. The van der Waals surface area contributed by atoms with Gasteiger partial charge >= 0.3 is 5.97 Å². The molecule has 0 saturated carbocycles. The Kier molecular flexibility index (Phi) is 5.40. The molecule has 0 unspecified atom stereocenters. The summed E-state index contributed by atoms with van der Waals surface area (Å²) in [6.07, 6.45) is 0. The van der Waals surface area contributed by atoms with E-state index in [1.54, 1.807) is 17.2 Å². The van der Waals surface area contributed by atoms with Crippen LogP contribution in [0.1, 0.15) is 22.7 Å². The van der Waals surface area contributed by atoms with Gasteiger partial charge in [-0.2, -0.15) is 0 Å². The fraction of sp³-hybridized carbons (Fsp3) is 0.125. The van der Waals surface area contributed by atoms with Crippen LogP contribution in [0.25, 0.3) is 5.76 Å². The zero-order valence-corrected chi connectivity index (χ0v) is 15.9. The number of hydrogen-bond acceptors (Lipinski definition) is 4. The van der Waals surface area contributed by atoms with Crippen LogP contribution in [0.15, 0.2) is 90.5 Å². The summed E-state index contributed by atoms with van der Waals surface area (Å²) >= 11 is 0. The quantitative estimate of drug-likeness (QED) is 0.582. The molecule has 0 spiro atoms. The van der Waals surface area contributed by atoms with Crippen molar-refractivity contribution < 1.29 is 18.8 Å². The van der Waals surface area contributed by atoms with Crippen LogP contribution in [-0.4, -0.2) is 18.1 Å². The number of hydrogen-bond donors (Lipinski definition) is 0. The number of ether oxygens (including phenoxy) is 1. The zero-order valence-electron chi connectivity index (χ0n) is 15.9. The van der Waals surface area contributed by atoms with E-state index >= 15 is 0 Å². The molecule has 3 aromatic carbocycles. The van der Waals surface area contributed by atoms with Crippen LogP contribution in [0.3, 0.4) is 0 Å². The van der Waals surface area contributed by atoms with E-state index in [4.69, 9.17) is 9.57 Å². The number of nitrogens with zero attached hydrogens (tertiary/aromatic N) is 1. The van der Waals surface area contributed by atoms with Crippen molar-refractivity contribution in [3.05, 3.63) is 113 Å². The molecule has 1 heterocycles. The van der Waals surface area contributed by atoms with E-state index in [1.165, 1.54) is 19.2 Å². The lowest BCUT2D eigenvalue weighted by Gasteiger charge is -2.24. The summed E-state index contributed by atoms with van der Waals surface area (Å²) in [5, 5.41) is 1.73. The van der Waals surface area contributed by atoms with Crippen LogP contribution in [0.4, 0.5) is 4.39 Å². The number of esters is 1. The van der Waals surface area contributed by atoms with Gasteiger partial charge in [0.05, 0.1) is 13.7 Å². The van der Waals surface area contributed by atoms with Crippen LogP contribution >= 0.6 is 0 Å². The standard InChI is InChI=1S/C24H20FNO3/c1-28-24(27)21-22(18-12-14-20(25)15-13-18)26(16-17-8-4-2-5-9-17)29-23(21)19-10-6-3-7-11-19/h2-15,22H,16H2,1H3/t22-/m1/s1. The van der Waals surface area contributed by atoms with Crippen molar-refractivity contribution >= 4 is 11.7 Å². The van der Waals surface area contributed by atoms with Crippen molar-refractivity contribution in [3.8, 4) is 0 Å². The average Bonchev–Trinajstić information content (AvgIpc) is 3.14. The largest absolute Gasteiger partial charge is 0.465 e. The highest BCUT2D eigenvalue weighted by molar-refractivity contribution is 5.98. The van der Waals surface area contributed by atoms with Crippen LogP contribution in [-0.2, 0) is 20.9 Å². The molecule has 0 saturated heterocycles. The van der Waals surface area contributed by atoms with Crippen LogP contribution in [0.2, 0.25) is 0 Å². The van der Waals surface area contributed by atoms with Gasteiger partial charge in [-0.15, -0.1) is 5.06 Å². The number of benzene rings is 3. The first-order chi connectivity index (χ1) is 14.2. The molecule has 0 aliphatic carbocycles. The van der Waals surface area contributed by atoms with E-state index in [0.29, 0.717) is 17.9 Å². The molecule has 0 N–H and O–H groups in total. The Hall–Kier alpha value is -3.44. The number of hydroxylamine groups is 2. The minimum atomic E-state index is -0.529. The van der Waals surface area contributed by atoms with E-state index in [0.717, 1.165) is 16.7 Å². The van der Waals surface area contributed by atoms with Crippen molar-refractivity contribution in [2.75, 3.05) is 7.11 Å². The normalized spacial score (nSPS) is 16.6. The average molecular weight is 389 g/mol. The van der Waals surface area contributed by atoms with Crippen molar-refractivity contribution in [2.24, 2.45) is 0 Å². The first-order valence-corrected chi connectivity index (χ1v) is 9.29. The Labute approximate surface area is 168 Å². The summed E-state index contributed by atoms with van der Waals surface area (Å²) in [6.45, 7) is 0.444. The second kappa shape index (κ2) is 8.29. The molecular weight excluding hydrogens is 369 g/mol. The maximum Gasteiger partial charge on any atom is 0.339 e. The molecule has 1 aliphatic rings. The SMILES string of the molecule is COC(=O)C1=C(c2ccccc2)ON(Cc2ccccc2)[C@@H]1c1ccc(F)cc1. The summed E-state index contributed by atoms with van der Waals surface area (Å²) in [5.74, 6) is -0.370. The number of carbonyl (C=O) groups excluding carboxylic acids is 1. The van der Waals surface area contributed by atoms with Crippen molar-refractivity contribution in [1.82, 2.24) is 5.06 Å². The third-order valence-electron chi connectivity index (χ3n) is 4.82. The zero-order chi connectivity index (χ0) is 20.2. The lowest BCUT2D eigenvalue weighted by Crippen LogP contribution is -2.26. The molecule has 5 heteroatoms. The third-order valence-corrected chi connectivity index (χ3v) is 4.82. The van der Waals surface area contributed by atoms with Gasteiger partial charge in [0.2, 0.25) is 0 Å². The topological polar surface area (TPSA) is 38.8 Å². The number of methoxy groups -OCH3 is 1. The summed E-state index contributed by atoms with van der Waals surface area (Å²) in [6, 6.07) is 24.8. The number of carbonyl (C=O) groups is 1. The molecule has 29 heavy (non-hydrogen) atoms. The van der Waals surface area contributed by atoms with Gasteiger partial charge in [-0.3, -0.25) is 0 Å². The molecule has 0 amide bonds. The highest BCUT2D eigenvalue weighted by Crippen LogP contribution is 2.43. The third kappa shape index (κ3) is 3.91. The van der Waals surface area contributed by atoms with Crippen molar-refractivity contribution in [1.29, 1.82) is 0 Å². The molecule has 146 valence electrons. The molecule has 1 aliphatic heterocycles. The first kappa shape index (κ1) is 18.9. The van der Waals surface area contributed by atoms with Gasteiger partial charge in [-0.25, -0.2) is 9.18 Å².